The molecule has 2 aliphatic rings. The number of carbonyl (C=O) groups excluding carboxylic acids is 1. The van der Waals surface area contributed by atoms with Crippen LogP contribution in [0.25, 0.3) is 22.0 Å². The van der Waals surface area contributed by atoms with E-state index in [1.54, 1.807) is 34.7 Å². The van der Waals surface area contributed by atoms with Crippen molar-refractivity contribution in [1.29, 1.82) is 0 Å². The van der Waals surface area contributed by atoms with Gasteiger partial charge in [-0.1, -0.05) is 35.3 Å². The third-order valence-electron chi connectivity index (χ3n) is 7.97. The van der Waals surface area contributed by atoms with Gasteiger partial charge in [0.05, 0.1) is 28.6 Å². The molecule has 13 heteroatoms. The SMILES string of the molecule is O=C(Nc1nccs1)C(c1ncn2c1C[C@@H](F)C2)n1cc2c(Cl)cc(-c3ccc(OCCN4CCCC4)cc3)c(Cl)c2n1. The van der Waals surface area contributed by atoms with Crippen LogP contribution in [0, 0.1) is 0 Å². The molecule has 222 valence electrons. The first-order valence-electron chi connectivity index (χ1n) is 14.2. The van der Waals surface area contributed by atoms with Gasteiger partial charge >= 0.3 is 0 Å². The van der Waals surface area contributed by atoms with Crippen molar-refractivity contribution >= 4 is 56.5 Å². The van der Waals surface area contributed by atoms with Crippen LogP contribution in [0.15, 0.2) is 54.4 Å². The van der Waals surface area contributed by atoms with E-state index in [1.807, 2.05) is 24.3 Å². The number of likely N-dealkylation sites (tertiary alicyclic amines) is 1. The topological polar surface area (TPSA) is 90.1 Å². The van der Waals surface area contributed by atoms with Gasteiger partial charge in [0.2, 0.25) is 0 Å². The molecule has 7 rings (SSSR count). The molecule has 3 aromatic heterocycles. The Bertz CT molecular complexity index is 1770. The Balaban J connectivity index is 1.20. The largest absolute Gasteiger partial charge is 0.492 e. The number of anilines is 1. The van der Waals surface area contributed by atoms with Crippen LogP contribution in [0.3, 0.4) is 0 Å². The first-order chi connectivity index (χ1) is 20.9. The van der Waals surface area contributed by atoms with Crippen LogP contribution in [-0.4, -0.2) is 67.5 Å². The number of rotatable bonds is 9. The van der Waals surface area contributed by atoms with Gasteiger partial charge in [-0.15, -0.1) is 11.3 Å². The number of benzene rings is 2. The molecular weight excluding hydrogens is 612 g/mol. The summed E-state index contributed by atoms with van der Waals surface area (Å²) in [6.45, 7) is 4.03. The number of hydrogen-bond donors (Lipinski definition) is 1. The minimum Gasteiger partial charge on any atom is -0.492 e. The molecule has 0 bridgehead atoms. The third kappa shape index (κ3) is 5.62. The molecule has 0 radical (unpaired) electrons. The quantitative estimate of drug-likeness (QED) is 0.205. The van der Waals surface area contributed by atoms with Crippen molar-refractivity contribution < 1.29 is 13.9 Å². The second kappa shape index (κ2) is 11.9. The molecule has 1 amide bonds. The van der Waals surface area contributed by atoms with Gasteiger partial charge in [-0.05, 0) is 49.7 Å². The fourth-order valence-corrected chi connectivity index (χ4v) is 6.93. The molecule has 9 nitrogen and oxygen atoms in total. The van der Waals surface area contributed by atoms with Gasteiger partial charge < -0.3 is 9.30 Å². The zero-order chi connectivity index (χ0) is 29.5. The number of alkyl halides is 1. The highest BCUT2D eigenvalue weighted by Gasteiger charge is 2.34. The number of thiazole rings is 1. The lowest BCUT2D eigenvalue weighted by atomic mass is 10.0. The van der Waals surface area contributed by atoms with Gasteiger partial charge in [0, 0.05) is 47.4 Å². The summed E-state index contributed by atoms with van der Waals surface area (Å²) in [5.41, 5.74) is 3.09. The van der Waals surface area contributed by atoms with Gasteiger partial charge in [0.15, 0.2) is 11.2 Å². The summed E-state index contributed by atoms with van der Waals surface area (Å²) >= 11 is 15.0. The highest BCUT2D eigenvalue weighted by molar-refractivity contribution is 7.13. The lowest BCUT2D eigenvalue weighted by molar-refractivity contribution is -0.118. The Morgan fingerprint density at radius 1 is 1.19 bits per heavy atom. The molecule has 1 fully saturated rings. The maximum atomic E-state index is 14.3. The summed E-state index contributed by atoms with van der Waals surface area (Å²) in [6, 6.07) is 8.53. The van der Waals surface area contributed by atoms with Crippen LogP contribution in [0.2, 0.25) is 10.0 Å². The van der Waals surface area contributed by atoms with E-state index in [9.17, 15) is 9.18 Å². The lowest BCUT2D eigenvalue weighted by Crippen LogP contribution is -2.28. The number of fused-ring (bicyclic) bond motifs is 2. The van der Waals surface area contributed by atoms with Gasteiger partial charge in [0.1, 0.15) is 24.0 Å². The van der Waals surface area contributed by atoms with E-state index in [0.717, 1.165) is 30.9 Å². The number of nitrogens with zero attached hydrogens (tertiary/aromatic N) is 6. The number of amides is 1. The van der Waals surface area contributed by atoms with Gasteiger partial charge in [-0.3, -0.25) is 19.7 Å². The van der Waals surface area contributed by atoms with Crippen molar-refractivity contribution in [3.8, 4) is 16.9 Å². The molecule has 2 aromatic carbocycles. The summed E-state index contributed by atoms with van der Waals surface area (Å²) < 4.78 is 23.5. The van der Waals surface area contributed by atoms with E-state index in [-0.39, 0.29) is 13.0 Å². The Kier molecular flexibility index (Phi) is 7.81. The van der Waals surface area contributed by atoms with Crippen molar-refractivity contribution in [3.05, 3.63) is 75.9 Å². The number of hydrogen-bond acceptors (Lipinski definition) is 7. The standard InChI is InChI=1S/C30H28Cl2FN7O2S/c31-23-14-21(18-3-5-20(6-4-18)42-11-10-38-8-1-2-9-38)25(32)26-22(23)16-40(37-26)28(29(41)36-30-34-7-12-43-30)27-24-13-19(33)15-39(24)17-35-27/h3-7,12,14,16-17,19,28H,1-2,8-11,13,15H2,(H,34,36,41)/t19-,28?/m1/s1. The molecule has 1 N–H and O–H groups in total. The summed E-state index contributed by atoms with van der Waals surface area (Å²) in [7, 11) is 0. The number of imidazole rings is 1. The van der Waals surface area contributed by atoms with Crippen LogP contribution in [-0.2, 0) is 17.8 Å². The number of carbonyl (C=O) groups is 1. The molecule has 1 saturated heterocycles. The molecule has 43 heavy (non-hydrogen) atoms. The number of aromatic nitrogens is 5. The average molecular weight is 641 g/mol. The molecule has 5 heterocycles. The monoisotopic (exact) mass is 639 g/mol. The number of nitrogens with one attached hydrogen (secondary N) is 1. The zero-order valence-electron chi connectivity index (χ0n) is 23.0. The van der Waals surface area contributed by atoms with Gasteiger partial charge in [0.25, 0.3) is 5.91 Å². The highest BCUT2D eigenvalue weighted by atomic mass is 35.5. The zero-order valence-corrected chi connectivity index (χ0v) is 25.4. The summed E-state index contributed by atoms with van der Waals surface area (Å²) in [5, 5.41) is 11.2. The van der Waals surface area contributed by atoms with Crippen LogP contribution < -0.4 is 10.1 Å². The number of ether oxygens (including phenoxy) is 1. The van der Waals surface area contributed by atoms with Gasteiger partial charge in [-0.25, -0.2) is 14.4 Å². The van der Waals surface area contributed by atoms with E-state index in [1.165, 1.54) is 28.9 Å². The summed E-state index contributed by atoms with van der Waals surface area (Å²) in [4.78, 5) is 24.8. The molecule has 5 aromatic rings. The van der Waals surface area contributed by atoms with Crippen LogP contribution in [0.1, 0.15) is 30.3 Å². The van der Waals surface area contributed by atoms with Crippen LogP contribution >= 0.6 is 34.5 Å². The third-order valence-corrected chi connectivity index (χ3v) is 9.35. The first-order valence-corrected chi connectivity index (χ1v) is 15.8. The average Bonchev–Trinajstić information content (AvgIpc) is 3.83. The Morgan fingerprint density at radius 2 is 2.00 bits per heavy atom. The van der Waals surface area contributed by atoms with Crippen molar-refractivity contribution in [1.82, 2.24) is 29.2 Å². The predicted octanol–water partition coefficient (Wildman–Crippen LogP) is 6.26. The summed E-state index contributed by atoms with van der Waals surface area (Å²) in [6.07, 6.45) is 6.50. The van der Waals surface area contributed by atoms with E-state index >= 15 is 0 Å². The van der Waals surface area contributed by atoms with Crippen LogP contribution in [0.4, 0.5) is 9.52 Å². The van der Waals surface area contributed by atoms with E-state index in [4.69, 9.17) is 33.0 Å². The highest BCUT2D eigenvalue weighted by Crippen LogP contribution is 2.40. The minimum atomic E-state index is -1.04. The van der Waals surface area contributed by atoms with Gasteiger partial charge in [-0.2, -0.15) is 5.10 Å². The van der Waals surface area contributed by atoms with E-state index in [0.29, 0.717) is 49.6 Å². The molecule has 0 saturated carbocycles. The fourth-order valence-electron chi connectivity index (χ4n) is 5.84. The van der Waals surface area contributed by atoms with Crippen LogP contribution in [0.5, 0.6) is 5.75 Å². The Labute approximate surface area is 261 Å². The molecular formula is C30H28Cl2FN7O2S. The Morgan fingerprint density at radius 3 is 2.77 bits per heavy atom. The first kappa shape index (κ1) is 28.3. The molecule has 1 unspecified atom stereocenters. The maximum Gasteiger partial charge on any atom is 0.257 e. The molecule has 2 atom stereocenters. The van der Waals surface area contributed by atoms with Crippen molar-refractivity contribution in [3.63, 3.8) is 0 Å². The molecule has 2 aliphatic heterocycles. The molecule has 0 aliphatic carbocycles. The van der Waals surface area contributed by atoms with E-state index in [2.05, 4.69) is 20.2 Å². The van der Waals surface area contributed by atoms with Crippen molar-refractivity contribution in [2.24, 2.45) is 0 Å². The second-order valence-corrected chi connectivity index (χ2v) is 12.5. The minimum absolute atomic E-state index is 0.167. The van der Waals surface area contributed by atoms with E-state index < -0.39 is 18.1 Å². The summed E-state index contributed by atoms with van der Waals surface area (Å²) in [5.74, 6) is 0.382. The maximum absolute atomic E-state index is 14.3. The van der Waals surface area contributed by atoms with Crippen molar-refractivity contribution in [2.75, 3.05) is 31.6 Å². The van der Waals surface area contributed by atoms with Crippen molar-refractivity contribution in [2.45, 2.75) is 38.0 Å². The molecule has 0 spiro atoms. The smallest absolute Gasteiger partial charge is 0.257 e. The second-order valence-electron chi connectivity index (χ2n) is 10.8. The lowest BCUT2D eigenvalue weighted by Gasteiger charge is -2.16. The fraction of sp³-hybridized carbons (Fsp3) is 0.333. The Hall–Kier alpha value is -3.51. The normalized spacial score (nSPS) is 17.4. The number of halogens is 3. The predicted molar refractivity (Wildman–Crippen MR) is 166 cm³/mol.